The predicted octanol–water partition coefficient (Wildman–Crippen LogP) is 3.28. The molecule has 0 saturated heterocycles. The highest BCUT2D eigenvalue weighted by Crippen LogP contribution is 2.37. The average molecular weight is 326 g/mol. The van der Waals surface area contributed by atoms with E-state index in [2.05, 4.69) is 9.38 Å². The van der Waals surface area contributed by atoms with E-state index < -0.39 is 21.8 Å². The molecule has 4 nitrogen and oxygen atoms in total. The van der Waals surface area contributed by atoms with E-state index in [-0.39, 0.29) is 16.2 Å². The molecular formula is C14H9F3N2O2S. The molecule has 3 rings (SSSR count). The highest BCUT2D eigenvalue weighted by atomic mass is 32.2. The summed E-state index contributed by atoms with van der Waals surface area (Å²) in [6, 6.07) is 6.14. The summed E-state index contributed by atoms with van der Waals surface area (Å²) in [7, 11) is -3.85. The zero-order valence-electron chi connectivity index (χ0n) is 11.2. The van der Waals surface area contributed by atoms with Crippen molar-refractivity contribution in [1.29, 1.82) is 0 Å². The van der Waals surface area contributed by atoms with Gasteiger partial charge in [0.15, 0.2) is 0 Å². The fourth-order valence-electron chi connectivity index (χ4n) is 2.32. The smallest absolute Gasteiger partial charge is 0.256 e. The molecule has 0 unspecified atom stereocenters. The SMILES string of the molecule is CC1=NS(=O)(=O)c2cc(-c3ncccc3C(F)(F)F)ccc21. The Morgan fingerprint density at radius 2 is 1.86 bits per heavy atom. The minimum absolute atomic E-state index is 0.0835. The molecule has 2 aromatic rings. The fourth-order valence-corrected chi connectivity index (χ4v) is 3.65. The summed E-state index contributed by atoms with van der Waals surface area (Å²) in [5.74, 6) is 0. The molecule has 22 heavy (non-hydrogen) atoms. The first kappa shape index (κ1) is 14.7. The van der Waals surface area contributed by atoms with Crippen LogP contribution in [0.1, 0.15) is 18.1 Å². The first-order valence-corrected chi connectivity index (χ1v) is 7.63. The van der Waals surface area contributed by atoms with Gasteiger partial charge in [-0.25, -0.2) is 0 Å². The van der Waals surface area contributed by atoms with Crippen molar-refractivity contribution < 1.29 is 21.6 Å². The molecule has 0 fully saturated rings. The van der Waals surface area contributed by atoms with Crippen LogP contribution >= 0.6 is 0 Å². The van der Waals surface area contributed by atoms with Crippen LogP contribution in [-0.2, 0) is 16.2 Å². The second-order valence-electron chi connectivity index (χ2n) is 4.76. The van der Waals surface area contributed by atoms with E-state index in [1.165, 1.54) is 37.4 Å². The van der Waals surface area contributed by atoms with Crippen LogP contribution in [0.5, 0.6) is 0 Å². The summed E-state index contributed by atoms with van der Waals surface area (Å²) < 4.78 is 66.5. The molecular weight excluding hydrogens is 317 g/mol. The Morgan fingerprint density at radius 3 is 2.55 bits per heavy atom. The van der Waals surface area contributed by atoms with Gasteiger partial charge in [-0.05, 0) is 25.1 Å². The summed E-state index contributed by atoms with van der Waals surface area (Å²) in [5, 5.41) is 0. The lowest BCUT2D eigenvalue weighted by Gasteiger charge is -2.12. The molecule has 0 aliphatic carbocycles. The van der Waals surface area contributed by atoms with Crippen LogP contribution in [-0.4, -0.2) is 19.1 Å². The summed E-state index contributed by atoms with van der Waals surface area (Å²) in [5.41, 5.74) is -0.424. The predicted molar refractivity (Wildman–Crippen MR) is 74.1 cm³/mol. The van der Waals surface area contributed by atoms with E-state index in [0.29, 0.717) is 11.3 Å². The largest absolute Gasteiger partial charge is 0.418 e. The van der Waals surface area contributed by atoms with Crippen molar-refractivity contribution in [3.05, 3.63) is 47.7 Å². The van der Waals surface area contributed by atoms with Crippen molar-refractivity contribution in [1.82, 2.24) is 4.98 Å². The highest BCUT2D eigenvalue weighted by molar-refractivity contribution is 7.90. The molecule has 0 atom stereocenters. The molecule has 0 amide bonds. The number of aromatic nitrogens is 1. The second-order valence-corrected chi connectivity index (χ2v) is 6.33. The maximum absolute atomic E-state index is 13.0. The quantitative estimate of drug-likeness (QED) is 0.808. The first-order valence-electron chi connectivity index (χ1n) is 6.19. The number of hydrogen-bond acceptors (Lipinski definition) is 3. The first-order chi connectivity index (χ1) is 10.2. The Balaban J connectivity index is 2.23. The van der Waals surface area contributed by atoms with E-state index in [4.69, 9.17) is 0 Å². The lowest BCUT2D eigenvalue weighted by Crippen LogP contribution is -2.08. The van der Waals surface area contributed by atoms with E-state index in [9.17, 15) is 21.6 Å². The highest BCUT2D eigenvalue weighted by Gasteiger charge is 2.35. The maximum atomic E-state index is 13.0. The number of fused-ring (bicyclic) bond motifs is 1. The standard InChI is InChI=1S/C14H9F3N2O2S/c1-8-10-5-4-9(7-12(10)22(20,21)19-8)13-11(14(15,16)17)3-2-6-18-13/h2-7H,1H3. The van der Waals surface area contributed by atoms with Gasteiger partial charge in [0.25, 0.3) is 10.0 Å². The van der Waals surface area contributed by atoms with Crippen LogP contribution in [0.4, 0.5) is 13.2 Å². The van der Waals surface area contributed by atoms with E-state index in [1.54, 1.807) is 0 Å². The van der Waals surface area contributed by atoms with Gasteiger partial charge in [-0.3, -0.25) is 4.98 Å². The Kier molecular flexibility index (Phi) is 3.10. The zero-order valence-corrected chi connectivity index (χ0v) is 12.0. The molecule has 1 aromatic heterocycles. The number of nitrogens with zero attached hydrogens (tertiary/aromatic N) is 2. The Hall–Kier alpha value is -2.22. The number of sulfonamides is 1. The topological polar surface area (TPSA) is 59.4 Å². The number of halogens is 3. The van der Waals surface area contributed by atoms with Gasteiger partial charge < -0.3 is 0 Å². The van der Waals surface area contributed by atoms with Crippen molar-refractivity contribution in [2.45, 2.75) is 18.0 Å². The summed E-state index contributed by atoms with van der Waals surface area (Å²) in [6.45, 7) is 1.53. The van der Waals surface area contributed by atoms with Crippen LogP contribution < -0.4 is 0 Å². The molecule has 8 heteroatoms. The average Bonchev–Trinajstić information content (AvgIpc) is 2.67. The molecule has 0 N–H and O–H groups in total. The molecule has 0 radical (unpaired) electrons. The maximum Gasteiger partial charge on any atom is 0.418 e. The monoisotopic (exact) mass is 326 g/mol. The Labute approximate surface area is 124 Å². The summed E-state index contributed by atoms with van der Waals surface area (Å²) in [6.07, 6.45) is -3.35. The fraction of sp³-hybridized carbons (Fsp3) is 0.143. The van der Waals surface area contributed by atoms with Crippen molar-refractivity contribution in [3.63, 3.8) is 0 Å². The van der Waals surface area contributed by atoms with Crippen LogP contribution in [0.2, 0.25) is 0 Å². The van der Waals surface area contributed by atoms with Gasteiger partial charge in [-0.1, -0.05) is 12.1 Å². The number of benzene rings is 1. The van der Waals surface area contributed by atoms with Gasteiger partial charge in [-0.2, -0.15) is 26.0 Å². The minimum atomic E-state index is -4.58. The van der Waals surface area contributed by atoms with E-state index in [0.717, 1.165) is 6.07 Å². The molecule has 0 saturated carbocycles. The Morgan fingerprint density at radius 1 is 1.14 bits per heavy atom. The lowest BCUT2D eigenvalue weighted by atomic mass is 10.0. The molecule has 0 spiro atoms. The summed E-state index contributed by atoms with van der Waals surface area (Å²) in [4.78, 5) is 3.66. The number of alkyl halides is 3. The summed E-state index contributed by atoms with van der Waals surface area (Å²) >= 11 is 0. The van der Waals surface area contributed by atoms with Crippen LogP contribution in [0.3, 0.4) is 0 Å². The van der Waals surface area contributed by atoms with E-state index in [1.807, 2.05) is 0 Å². The molecule has 1 aliphatic heterocycles. The van der Waals surface area contributed by atoms with Crippen molar-refractivity contribution in [3.8, 4) is 11.3 Å². The number of pyridine rings is 1. The zero-order chi connectivity index (χ0) is 16.1. The third kappa shape index (κ3) is 2.29. The van der Waals surface area contributed by atoms with Crippen molar-refractivity contribution >= 4 is 15.7 Å². The normalized spacial score (nSPS) is 16.3. The lowest BCUT2D eigenvalue weighted by molar-refractivity contribution is -0.137. The molecule has 114 valence electrons. The number of hydrogen-bond donors (Lipinski definition) is 0. The van der Waals surface area contributed by atoms with E-state index >= 15 is 0 Å². The molecule has 1 aliphatic rings. The van der Waals surface area contributed by atoms with Gasteiger partial charge in [0, 0.05) is 17.3 Å². The molecule has 0 bridgehead atoms. The van der Waals surface area contributed by atoms with Gasteiger partial charge in [-0.15, -0.1) is 0 Å². The van der Waals surface area contributed by atoms with Gasteiger partial charge in [0.05, 0.1) is 21.9 Å². The third-order valence-electron chi connectivity index (χ3n) is 3.29. The van der Waals surface area contributed by atoms with Crippen LogP contribution in [0, 0.1) is 0 Å². The van der Waals surface area contributed by atoms with Gasteiger partial charge in [0.2, 0.25) is 0 Å². The van der Waals surface area contributed by atoms with Crippen LogP contribution in [0.15, 0.2) is 45.8 Å². The van der Waals surface area contributed by atoms with Gasteiger partial charge in [0.1, 0.15) is 0 Å². The van der Waals surface area contributed by atoms with Crippen molar-refractivity contribution in [2.24, 2.45) is 4.40 Å². The number of rotatable bonds is 1. The molecule has 2 heterocycles. The van der Waals surface area contributed by atoms with Crippen molar-refractivity contribution in [2.75, 3.05) is 0 Å². The minimum Gasteiger partial charge on any atom is -0.256 e. The van der Waals surface area contributed by atoms with Crippen LogP contribution in [0.25, 0.3) is 11.3 Å². The third-order valence-corrected chi connectivity index (χ3v) is 4.70. The Bertz CT molecular complexity index is 903. The van der Waals surface area contributed by atoms with Gasteiger partial charge >= 0.3 is 6.18 Å². The second kappa shape index (κ2) is 4.64. The molecule has 1 aromatic carbocycles.